The minimum absolute atomic E-state index is 0.209. The van der Waals surface area contributed by atoms with Gasteiger partial charge in [0.1, 0.15) is 0 Å². The summed E-state index contributed by atoms with van der Waals surface area (Å²) in [5, 5.41) is 0.518. The van der Waals surface area contributed by atoms with E-state index in [1.54, 1.807) is 0 Å². The molecule has 8 nitrogen and oxygen atoms in total. The SMILES string of the molecule is CC(=O)NCCCCC(P(=O)(O)O)P(=O)(O)O. The smallest absolute Gasteiger partial charge is 0.340 e. The Hall–Kier alpha value is -0.230. The highest BCUT2D eigenvalue weighted by Gasteiger charge is 2.42. The van der Waals surface area contributed by atoms with E-state index < -0.39 is 20.6 Å². The van der Waals surface area contributed by atoms with Crippen LogP contribution in [0, 0.1) is 0 Å². The molecule has 0 aromatic heterocycles. The normalized spacial score (nSPS) is 12.8. The van der Waals surface area contributed by atoms with Gasteiger partial charge in [0.2, 0.25) is 5.91 Å². The van der Waals surface area contributed by atoms with Crippen molar-refractivity contribution in [2.45, 2.75) is 31.6 Å². The summed E-state index contributed by atoms with van der Waals surface area (Å²) in [6.45, 7) is 1.64. The molecular weight excluding hydrogens is 272 g/mol. The number of unbranched alkanes of at least 4 members (excludes halogenated alkanes) is 1. The van der Waals surface area contributed by atoms with Crippen LogP contribution in [0.4, 0.5) is 0 Å². The first kappa shape index (κ1) is 16.8. The van der Waals surface area contributed by atoms with Crippen molar-refractivity contribution >= 4 is 21.1 Å². The van der Waals surface area contributed by atoms with Gasteiger partial charge in [-0.15, -0.1) is 0 Å². The van der Waals surface area contributed by atoms with Crippen molar-refractivity contribution in [1.29, 1.82) is 0 Å². The van der Waals surface area contributed by atoms with E-state index in [1.807, 2.05) is 0 Å². The van der Waals surface area contributed by atoms with E-state index in [0.717, 1.165) is 0 Å². The zero-order valence-electron chi connectivity index (χ0n) is 9.31. The molecule has 5 N–H and O–H groups in total. The number of carbonyl (C=O) groups is 1. The third-order valence-electron chi connectivity index (χ3n) is 2.04. The molecule has 0 bridgehead atoms. The van der Waals surface area contributed by atoms with E-state index in [-0.39, 0.29) is 18.7 Å². The van der Waals surface area contributed by atoms with Gasteiger partial charge in [-0.3, -0.25) is 13.9 Å². The predicted octanol–water partition coefficient (Wildman–Crippen LogP) is -0.0257. The van der Waals surface area contributed by atoms with Gasteiger partial charge in [0.05, 0.1) is 0 Å². The lowest BCUT2D eigenvalue weighted by Crippen LogP contribution is -2.21. The first-order chi connectivity index (χ1) is 7.55. The molecule has 0 aromatic carbocycles. The Morgan fingerprint density at radius 3 is 1.94 bits per heavy atom. The van der Waals surface area contributed by atoms with Gasteiger partial charge in [0.15, 0.2) is 5.40 Å². The van der Waals surface area contributed by atoms with Gasteiger partial charge >= 0.3 is 15.2 Å². The van der Waals surface area contributed by atoms with Gasteiger partial charge in [0.25, 0.3) is 0 Å². The van der Waals surface area contributed by atoms with Gasteiger partial charge in [-0.25, -0.2) is 0 Å². The summed E-state index contributed by atoms with van der Waals surface area (Å²) in [6.07, 6.45) is 0.325. The zero-order valence-corrected chi connectivity index (χ0v) is 11.1. The van der Waals surface area contributed by atoms with Crippen molar-refractivity contribution in [3.05, 3.63) is 0 Å². The summed E-state index contributed by atoms with van der Waals surface area (Å²) in [7, 11) is -9.63. The molecule has 0 aliphatic rings. The maximum absolute atomic E-state index is 10.9. The summed E-state index contributed by atoms with van der Waals surface area (Å²) in [6, 6.07) is 0. The second kappa shape index (κ2) is 6.64. The molecule has 0 aliphatic carbocycles. The monoisotopic (exact) mass is 289 g/mol. The number of amides is 1. The molecule has 0 unspecified atom stereocenters. The standard InChI is InChI=1S/C7H17NO7P2/c1-6(9)8-5-3-2-4-7(16(10,11)12)17(13,14)15/h7H,2-5H2,1H3,(H,8,9)(H2,10,11,12)(H2,13,14,15). The number of carbonyl (C=O) groups excluding carboxylic acids is 1. The summed E-state index contributed by atoms with van der Waals surface area (Å²) < 4.78 is 21.8. The lowest BCUT2D eigenvalue weighted by molar-refractivity contribution is -0.118. The molecule has 0 aromatic rings. The number of rotatable bonds is 7. The quantitative estimate of drug-likeness (QED) is 0.327. The molecule has 1 amide bonds. The Bertz CT molecular complexity index is 324. The third-order valence-corrected chi connectivity index (χ3v) is 5.91. The Labute approximate surface area is 98.7 Å². The minimum atomic E-state index is -4.82. The highest BCUT2D eigenvalue weighted by Crippen LogP contribution is 2.61. The third kappa shape index (κ3) is 7.65. The first-order valence-electron chi connectivity index (χ1n) is 4.90. The Kier molecular flexibility index (Phi) is 6.55. The van der Waals surface area contributed by atoms with Gasteiger partial charge in [-0.1, -0.05) is 6.42 Å². The van der Waals surface area contributed by atoms with Gasteiger partial charge in [-0.2, -0.15) is 0 Å². The molecule has 10 heteroatoms. The van der Waals surface area contributed by atoms with E-state index in [0.29, 0.717) is 13.0 Å². The largest absolute Gasteiger partial charge is 0.356 e. The number of hydrogen-bond donors (Lipinski definition) is 5. The molecule has 0 fully saturated rings. The number of hydrogen-bond acceptors (Lipinski definition) is 3. The van der Waals surface area contributed by atoms with Crippen molar-refractivity contribution in [3.8, 4) is 0 Å². The van der Waals surface area contributed by atoms with Crippen LogP contribution in [0.2, 0.25) is 0 Å². The fourth-order valence-electron chi connectivity index (χ4n) is 1.25. The van der Waals surface area contributed by atoms with Crippen LogP contribution < -0.4 is 5.32 Å². The van der Waals surface area contributed by atoms with Crippen LogP contribution in [0.15, 0.2) is 0 Å². The molecule has 0 atom stereocenters. The van der Waals surface area contributed by atoms with Crippen molar-refractivity contribution < 1.29 is 33.5 Å². The average molecular weight is 289 g/mol. The summed E-state index contributed by atoms with van der Waals surface area (Å²) in [4.78, 5) is 45.7. The van der Waals surface area contributed by atoms with E-state index >= 15 is 0 Å². The van der Waals surface area contributed by atoms with Crippen LogP contribution in [-0.2, 0) is 13.9 Å². The van der Waals surface area contributed by atoms with Crippen molar-refractivity contribution in [2.24, 2.45) is 0 Å². The Balaban J connectivity index is 4.18. The summed E-state index contributed by atoms with van der Waals surface area (Å²) in [5.74, 6) is -0.230. The van der Waals surface area contributed by atoms with Crippen LogP contribution in [0.5, 0.6) is 0 Å². The van der Waals surface area contributed by atoms with Gasteiger partial charge in [0, 0.05) is 13.5 Å². The zero-order chi connectivity index (χ0) is 13.7. The molecule has 102 valence electrons. The molecule has 0 rings (SSSR count). The molecule has 0 aliphatic heterocycles. The average Bonchev–Trinajstić information content (AvgIpc) is 2.05. The van der Waals surface area contributed by atoms with Crippen LogP contribution in [0.25, 0.3) is 0 Å². The van der Waals surface area contributed by atoms with Crippen LogP contribution in [0.3, 0.4) is 0 Å². The maximum atomic E-state index is 10.9. The van der Waals surface area contributed by atoms with E-state index in [1.165, 1.54) is 6.92 Å². The molecule has 0 radical (unpaired) electrons. The second-order valence-corrected chi connectivity index (χ2v) is 7.65. The van der Waals surface area contributed by atoms with Gasteiger partial charge < -0.3 is 24.9 Å². The molecule has 0 heterocycles. The lowest BCUT2D eigenvalue weighted by atomic mass is 10.2. The fraction of sp³-hybridized carbons (Fsp3) is 0.857. The molecule has 0 saturated carbocycles. The van der Waals surface area contributed by atoms with E-state index in [2.05, 4.69) is 5.32 Å². The van der Waals surface area contributed by atoms with Crippen LogP contribution in [0.1, 0.15) is 26.2 Å². The van der Waals surface area contributed by atoms with Crippen LogP contribution in [-0.4, -0.2) is 37.4 Å². The molecule has 17 heavy (non-hydrogen) atoms. The first-order valence-corrected chi connectivity index (χ1v) is 8.26. The summed E-state index contributed by atoms with van der Waals surface area (Å²) in [5.41, 5.74) is 0. The van der Waals surface area contributed by atoms with E-state index in [9.17, 15) is 13.9 Å². The lowest BCUT2D eigenvalue weighted by Gasteiger charge is -2.19. The van der Waals surface area contributed by atoms with Crippen molar-refractivity contribution in [1.82, 2.24) is 5.32 Å². The highest BCUT2D eigenvalue weighted by molar-refractivity contribution is 7.70. The maximum Gasteiger partial charge on any atom is 0.340 e. The summed E-state index contributed by atoms with van der Waals surface area (Å²) >= 11 is 0. The predicted molar refractivity (Wildman–Crippen MR) is 60.4 cm³/mol. The van der Waals surface area contributed by atoms with Crippen molar-refractivity contribution in [3.63, 3.8) is 0 Å². The minimum Gasteiger partial charge on any atom is -0.356 e. The number of nitrogens with one attached hydrogen (secondary N) is 1. The highest BCUT2D eigenvalue weighted by atomic mass is 31.2. The van der Waals surface area contributed by atoms with Gasteiger partial charge in [-0.05, 0) is 12.8 Å². The second-order valence-electron chi connectivity index (χ2n) is 3.64. The topological polar surface area (TPSA) is 144 Å². The van der Waals surface area contributed by atoms with Crippen molar-refractivity contribution in [2.75, 3.05) is 6.54 Å². The molecular formula is C7H17NO7P2. The van der Waals surface area contributed by atoms with Crippen LogP contribution >= 0.6 is 15.2 Å². The molecule has 0 saturated heterocycles. The Morgan fingerprint density at radius 2 is 1.59 bits per heavy atom. The Morgan fingerprint density at radius 1 is 1.12 bits per heavy atom. The molecule has 0 spiro atoms. The van der Waals surface area contributed by atoms with E-state index in [4.69, 9.17) is 19.6 Å². The fourth-order valence-corrected chi connectivity index (χ4v) is 3.85.